The van der Waals surface area contributed by atoms with Crippen molar-refractivity contribution in [2.45, 2.75) is 6.92 Å². The van der Waals surface area contributed by atoms with Gasteiger partial charge in [-0.05, 0) is 6.54 Å². The van der Waals surface area contributed by atoms with Crippen LogP contribution in [-0.4, -0.2) is 6.54 Å². The average Bonchev–Trinajstić information content (AvgIpc) is 0.918. The molecule has 0 saturated carbocycles. The second kappa shape index (κ2) is 516. The molecule has 0 radical (unpaired) electrons. The zero-order valence-electron chi connectivity index (χ0n) is 4.62. The molecule has 2 nitrogen and oxygen atoms in total. The van der Waals surface area contributed by atoms with Crippen LogP contribution in [0.4, 0.5) is 18.8 Å². The van der Waals surface area contributed by atoms with Crippen molar-refractivity contribution < 1.29 is 18.8 Å². The monoisotopic (exact) mass is 142 g/mol. The molecule has 0 atom stereocenters. The summed E-state index contributed by atoms with van der Waals surface area (Å²) in [5.74, 6) is 0. The van der Waals surface area contributed by atoms with E-state index in [0.717, 1.165) is 6.54 Å². The fraction of sp³-hybridized carbons (Fsp3) is 1.00. The molecule has 5 N–H and O–H groups in total. The molecule has 6 heteroatoms. The minimum Gasteiger partial charge on any atom is -0.344 e. The third-order valence-corrected chi connectivity index (χ3v) is 0. The topological polar surface area (TPSA) is 61.0 Å². The maximum Gasteiger partial charge on any atom is -0.0106 e. The van der Waals surface area contributed by atoms with E-state index in [0.29, 0.717) is 0 Å². The van der Waals surface area contributed by atoms with Crippen LogP contribution in [0.2, 0.25) is 0 Å². The van der Waals surface area contributed by atoms with Crippen molar-refractivity contribution in [2.24, 2.45) is 5.73 Å². The van der Waals surface area contributed by atoms with Gasteiger partial charge in [0.2, 0.25) is 0 Å². The lowest BCUT2D eigenvalue weighted by molar-refractivity contribution is 1.11. The van der Waals surface area contributed by atoms with E-state index in [1.165, 1.54) is 0 Å². The van der Waals surface area contributed by atoms with Gasteiger partial charge in [0.25, 0.3) is 0 Å². The molecule has 0 aliphatic rings. The lowest BCUT2D eigenvalue weighted by atomic mass is 10.8. The van der Waals surface area contributed by atoms with Crippen LogP contribution in [0, 0.1) is 0 Å². The van der Waals surface area contributed by atoms with Gasteiger partial charge in [-0.15, -0.1) is 0 Å². The molecule has 0 unspecified atom stereocenters. The van der Waals surface area contributed by atoms with Gasteiger partial charge < -0.3 is 11.9 Å². The Hall–Kier alpha value is -0.360. The Morgan fingerprint density at radius 2 is 1.00 bits per heavy atom. The molecule has 0 saturated heterocycles. The van der Waals surface area contributed by atoms with Gasteiger partial charge in [-0.3, -0.25) is 18.8 Å². The highest BCUT2D eigenvalue weighted by atomic mass is 19.0. The third kappa shape index (κ3) is 937. The molecule has 0 aliphatic heterocycles. The summed E-state index contributed by atoms with van der Waals surface area (Å²) in [6, 6.07) is 0. The predicted octanol–water partition coefficient (Wildman–Crippen LogP) is 0.737. The number of halogens is 4. The van der Waals surface area contributed by atoms with Gasteiger partial charge in [-0.2, -0.15) is 0 Å². The second-order valence-corrected chi connectivity index (χ2v) is 0.408. The van der Waals surface area contributed by atoms with Crippen LogP contribution in [0.1, 0.15) is 6.92 Å². The van der Waals surface area contributed by atoms with Gasteiger partial charge in [0.15, 0.2) is 0 Å². The van der Waals surface area contributed by atoms with E-state index in [4.69, 9.17) is 5.73 Å². The Balaban J connectivity index is -0.00000000200. The molecule has 0 aromatic carbocycles. The minimum atomic E-state index is 0. The van der Waals surface area contributed by atoms with Crippen LogP contribution < -0.4 is 11.9 Å². The number of nitrogens with two attached hydrogens (primary N) is 1. The van der Waals surface area contributed by atoms with E-state index in [1.54, 1.807) is 0 Å². The summed E-state index contributed by atoms with van der Waals surface area (Å²) in [5, 5.41) is 0. The van der Waals surface area contributed by atoms with E-state index in [9.17, 15) is 0 Å². The Bertz CT molecular complexity index is 12.0. The lowest BCUT2D eigenvalue weighted by Gasteiger charge is -1.53. The van der Waals surface area contributed by atoms with Crippen LogP contribution in [0.25, 0.3) is 0 Å². The van der Waals surface area contributed by atoms with Gasteiger partial charge in [-0.25, -0.2) is 0 Å². The number of hydrogen-bond donors (Lipinski definition) is 2. The van der Waals surface area contributed by atoms with Crippen LogP contribution in [-0.2, 0) is 0 Å². The third-order valence-electron chi connectivity index (χ3n) is 0. The van der Waals surface area contributed by atoms with E-state index < -0.39 is 0 Å². The summed E-state index contributed by atoms with van der Waals surface area (Å²) in [6.45, 7) is 2.65. The first-order valence-electron chi connectivity index (χ1n) is 1.12. The van der Waals surface area contributed by atoms with Gasteiger partial charge in [0, 0.05) is 0 Å². The molecule has 0 amide bonds. The first kappa shape index (κ1) is 125. The van der Waals surface area contributed by atoms with Gasteiger partial charge in [-0.1, -0.05) is 6.92 Å². The molecule has 0 spiro atoms. The van der Waals surface area contributed by atoms with Crippen molar-refractivity contribution in [3.05, 3.63) is 0 Å². The summed E-state index contributed by atoms with van der Waals surface area (Å²) in [7, 11) is 0. The highest BCUT2D eigenvalue weighted by molar-refractivity contribution is 4.00. The average molecular weight is 142 g/mol. The zero-order chi connectivity index (χ0) is 2.71. The molecular weight excluding hydrogens is 128 g/mol. The second-order valence-electron chi connectivity index (χ2n) is 0.408. The van der Waals surface area contributed by atoms with Gasteiger partial charge >= 0.3 is 0 Å². The van der Waals surface area contributed by atoms with Gasteiger partial charge in [0.05, 0.1) is 0 Å². The molecule has 0 aromatic heterocycles. The molecule has 0 aliphatic carbocycles. The van der Waals surface area contributed by atoms with Crippen molar-refractivity contribution in [1.29, 1.82) is 0 Å². The fourth-order valence-corrected chi connectivity index (χ4v) is 0. The first-order chi connectivity index (χ1) is 1.41. The minimum absolute atomic E-state index is 0. The highest BCUT2D eigenvalue weighted by Gasteiger charge is 1.32. The Morgan fingerprint density at radius 3 is 1.00 bits per heavy atom. The summed E-state index contributed by atoms with van der Waals surface area (Å²) >= 11 is 0. The number of rotatable bonds is 0. The Labute approximate surface area is 45.5 Å². The van der Waals surface area contributed by atoms with Crippen molar-refractivity contribution in [3.63, 3.8) is 0 Å². The highest BCUT2D eigenvalue weighted by Crippen LogP contribution is 1.20. The van der Waals surface area contributed by atoms with Crippen molar-refractivity contribution >= 4 is 0 Å². The lowest BCUT2D eigenvalue weighted by Crippen LogP contribution is -1.87. The Kier molecular flexibility index (Phi) is 8070. The van der Waals surface area contributed by atoms with Crippen LogP contribution in [0.15, 0.2) is 0 Å². The predicted molar refractivity (Wildman–Crippen MR) is 29.8 cm³/mol. The summed E-state index contributed by atoms with van der Waals surface area (Å²) < 4.78 is 0. The van der Waals surface area contributed by atoms with Crippen molar-refractivity contribution in [3.8, 4) is 0 Å². The molecule has 0 bridgehead atoms. The standard InChI is InChI=1S/C2H7N.4FH.H3N/c1-2-3;;;;;/h2-3H2,1H3;4*1H;1H3. The summed E-state index contributed by atoms with van der Waals surface area (Å²) in [4.78, 5) is 0. The Morgan fingerprint density at radius 1 is 1.00 bits per heavy atom. The van der Waals surface area contributed by atoms with Crippen LogP contribution in [0.3, 0.4) is 0 Å². The van der Waals surface area contributed by atoms with Crippen molar-refractivity contribution in [1.82, 2.24) is 6.15 Å². The molecule has 0 fully saturated rings. The smallest absolute Gasteiger partial charge is 0.0106 e. The SMILES string of the molecule is CCN.F.F.F.F.N. The van der Waals surface area contributed by atoms with E-state index in [1.807, 2.05) is 6.92 Å². The first-order valence-corrected chi connectivity index (χ1v) is 1.12. The van der Waals surface area contributed by atoms with E-state index >= 15 is 0 Å². The van der Waals surface area contributed by atoms with E-state index in [-0.39, 0.29) is 25.0 Å². The quantitative estimate of drug-likeness (QED) is 0.490. The summed E-state index contributed by atoms with van der Waals surface area (Å²) in [5.41, 5.74) is 4.85. The fourth-order valence-electron chi connectivity index (χ4n) is 0. The molecule has 0 aromatic rings. The van der Waals surface area contributed by atoms with Crippen LogP contribution >= 0.6 is 0 Å². The maximum absolute atomic E-state index is 4.85. The normalized spacial score (nSPS) is 2.25. The summed E-state index contributed by atoms with van der Waals surface area (Å²) in [6.07, 6.45) is 0. The molecule has 60 valence electrons. The van der Waals surface area contributed by atoms with Crippen molar-refractivity contribution in [2.75, 3.05) is 6.54 Å². The van der Waals surface area contributed by atoms with E-state index in [2.05, 4.69) is 0 Å². The largest absolute Gasteiger partial charge is 0.344 e. The van der Waals surface area contributed by atoms with Crippen LogP contribution in [0.5, 0.6) is 0 Å². The van der Waals surface area contributed by atoms with Gasteiger partial charge in [0.1, 0.15) is 0 Å². The molecule has 0 heterocycles. The molecule has 0 rings (SSSR count). The zero-order valence-corrected chi connectivity index (χ0v) is 4.62. The molecular formula is C2H14F4N2. The maximum atomic E-state index is 4.85. The number of hydrogen-bond acceptors (Lipinski definition) is 2. The molecule has 8 heavy (non-hydrogen) atoms.